The zero-order chi connectivity index (χ0) is 31.6. The molecule has 1 amide bonds. The zero-order valence-corrected chi connectivity index (χ0v) is 27.2. The lowest BCUT2D eigenvalue weighted by Crippen LogP contribution is -2.46. The van der Waals surface area contributed by atoms with Crippen molar-refractivity contribution in [3.63, 3.8) is 0 Å². The van der Waals surface area contributed by atoms with Gasteiger partial charge < -0.3 is 19.7 Å². The summed E-state index contributed by atoms with van der Waals surface area (Å²) in [4.78, 5) is 14.5. The molecule has 240 valence electrons. The van der Waals surface area contributed by atoms with E-state index in [1.165, 1.54) is 22.6 Å². The second-order valence-electron chi connectivity index (χ2n) is 14.3. The minimum absolute atomic E-state index is 0.104. The van der Waals surface area contributed by atoms with Crippen molar-refractivity contribution in [2.75, 3.05) is 19.8 Å². The van der Waals surface area contributed by atoms with Gasteiger partial charge in [-0.1, -0.05) is 46.1 Å². The molecule has 2 heterocycles. The second kappa shape index (κ2) is 13.2. The van der Waals surface area contributed by atoms with Crippen LogP contribution in [0.4, 0.5) is 13.2 Å². The molecule has 1 aliphatic carbocycles. The van der Waals surface area contributed by atoms with Crippen molar-refractivity contribution in [1.29, 1.82) is 0 Å². The normalized spacial score (nSPS) is 18.6. The number of hydrogen-bond acceptors (Lipinski definition) is 5. The van der Waals surface area contributed by atoms with Crippen molar-refractivity contribution in [3.8, 4) is 11.3 Å². The van der Waals surface area contributed by atoms with Crippen molar-refractivity contribution in [1.82, 2.24) is 14.6 Å². The molecule has 2 fully saturated rings. The van der Waals surface area contributed by atoms with Crippen LogP contribution in [-0.2, 0) is 22.9 Å². The largest absolute Gasteiger partial charge is 0.432 e. The van der Waals surface area contributed by atoms with Crippen LogP contribution in [0.2, 0.25) is 0 Å². The number of ether oxygens (including phenoxy) is 1. The summed E-state index contributed by atoms with van der Waals surface area (Å²) < 4.78 is 54.8. The Labute approximate surface area is 258 Å². The molecule has 0 spiro atoms. The van der Waals surface area contributed by atoms with Crippen LogP contribution in [0.1, 0.15) is 108 Å². The quantitative estimate of drug-likeness (QED) is 0.263. The molecular formula is C33H48F3N3O3S. The topological polar surface area (TPSA) is 75.5 Å². The highest BCUT2D eigenvalue weighted by atomic mass is 32.2. The van der Waals surface area contributed by atoms with Gasteiger partial charge in [0.15, 0.2) is 0 Å². The Bertz CT molecular complexity index is 1270. The van der Waals surface area contributed by atoms with Gasteiger partial charge in [-0.05, 0) is 86.2 Å². The number of benzene rings is 1. The maximum Gasteiger partial charge on any atom is 0.432 e. The molecule has 2 aromatic rings. The lowest BCUT2D eigenvalue weighted by atomic mass is 9.85. The third-order valence-electron chi connectivity index (χ3n) is 8.33. The van der Waals surface area contributed by atoms with Gasteiger partial charge in [0.05, 0.1) is 11.2 Å². The summed E-state index contributed by atoms with van der Waals surface area (Å²) in [7, 11) is 0. The second-order valence-corrected chi connectivity index (χ2v) is 15.2. The van der Waals surface area contributed by atoms with Gasteiger partial charge in [0.1, 0.15) is 5.69 Å². The van der Waals surface area contributed by atoms with Crippen LogP contribution in [0, 0.1) is 5.92 Å². The Morgan fingerprint density at radius 3 is 2.28 bits per heavy atom. The van der Waals surface area contributed by atoms with E-state index in [4.69, 9.17) is 4.74 Å². The molecule has 1 saturated carbocycles. The van der Waals surface area contributed by atoms with Crippen LogP contribution in [0.3, 0.4) is 0 Å². The molecule has 0 bridgehead atoms. The maximum atomic E-state index is 14.9. The summed E-state index contributed by atoms with van der Waals surface area (Å²) in [5, 5.41) is 13.5. The standard InChI is InChI=1S/C33H48F3N3O3S/c1-30(2,3)25-18-23(12-13-27(25)43-38-31(4,5)6)26-19-24(29(40)37-21-32(41)14-16-42-17-15-32)28(33(34,35)36)39(26)20-22-10-8-7-9-11-22/h12-13,18-19,22,38,41H,7-11,14-17,20-21H2,1-6H3,(H,37,40). The summed E-state index contributed by atoms with van der Waals surface area (Å²) in [5.41, 5.74) is -0.880. The van der Waals surface area contributed by atoms with Crippen LogP contribution < -0.4 is 10.0 Å². The van der Waals surface area contributed by atoms with Gasteiger partial charge in [-0.15, -0.1) is 0 Å². The van der Waals surface area contributed by atoms with E-state index in [9.17, 15) is 23.1 Å². The highest BCUT2D eigenvalue weighted by Crippen LogP contribution is 2.41. The number of hydrogen-bond donors (Lipinski definition) is 3. The SMILES string of the molecule is CC(C)(C)NSc1ccc(-c2cc(C(=O)NCC3(O)CCOCC3)c(C(F)(F)F)n2CC2CCCCC2)cc1C(C)(C)C. The lowest BCUT2D eigenvalue weighted by molar-refractivity contribution is -0.144. The number of halogens is 3. The van der Waals surface area contributed by atoms with Crippen molar-refractivity contribution < 1.29 is 27.8 Å². The van der Waals surface area contributed by atoms with Gasteiger partial charge >= 0.3 is 6.18 Å². The first kappa shape index (κ1) is 33.9. The van der Waals surface area contributed by atoms with E-state index in [1.54, 1.807) is 0 Å². The van der Waals surface area contributed by atoms with E-state index in [-0.39, 0.29) is 30.0 Å². The maximum absolute atomic E-state index is 14.9. The van der Waals surface area contributed by atoms with Crippen LogP contribution in [0.15, 0.2) is 29.2 Å². The van der Waals surface area contributed by atoms with Crippen molar-refractivity contribution in [2.24, 2.45) is 5.92 Å². The van der Waals surface area contributed by atoms with E-state index < -0.39 is 28.9 Å². The Kier molecular flexibility index (Phi) is 10.4. The van der Waals surface area contributed by atoms with Gasteiger partial charge in [0.2, 0.25) is 0 Å². The molecule has 0 atom stereocenters. The highest BCUT2D eigenvalue weighted by molar-refractivity contribution is 7.97. The van der Waals surface area contributed by atoms with Gasteiger partial charge in [-0.25, -0.2) is 0 Å². The third-order valence-corrected chi connectivity index (χ3v) is 9.62. The average molecular weight is 624 g/mol. The van der Waals surface area contributed by atoms with E-state index in [0.717, 1.165) is 42.6 Å². The Hall–Kier alpha value is -2.01. The number of alkyl halides is 3. The summed E-state index contributed by atoms with van der Waals surface area (Å²) in [6.45, 7) is 13.3. The molecule has 2 aliphatic rings. The number of carbonyl (C=O) groups excluding carboxylic acids is 1. The van der Waals surface area contributed by atoms with Crippen molar-refractivity contribution >= 4 is 17.9 Å². The predicted molar refractivity (Wildman–Crippen MR) is 166 cm³/mol. The van der Waals surface area contributed by atoms with Gasteiger partial charge in [0, 0.05) is 55.3 Å². The number of aliphatic hydroxyl groups is 1. The van der Waals surface area contributed by atoms with E-state index in [2.05, 4.69) is 51.6 Å². The summed E-state index contributed by atoms with van der Waals surface area (Å²) in [6, 6.07) is 7.20. The first-order chi connectivity index (χ1) is 20.0. The fourth-order valence-corrected chi connectivity index (χ4v) is 6.95. The Balaban J connectivity index is 1.80. The minimum Gasteiger partial charge on any atom is -0.388 e. The summed E-state index contributed by atoms with van der Waals surface area (Å²) >= 11 is 1.52. The molecule has 1 aromatic carbocycles. The minimum atomic E-state index is -4.74. The molecule has 6 nitrogen and oxygen atoms in total. The zero-order valence-electron chi connectivity index (χ0n) is 26.4. The molecular weight excluding hydrogens is 575 g/mol. The molecule has 1 aromatic heterocycles. The van der Waals surface area contributed by atoms with Crippen molar-refractivity contribution in [2.45, 2.75) is 121 Å². The monoisotopic (exact) mass is 623 g/mol. The number of nitrogens with one attached hydrogen (secondary N) is 2. The predicted octanol–water partition coefficient (Wildman–Crippen LogP) is 7.72. The Morgan fingerprint density at radius 1 is 1.05 bits per heavy atom. The number of aromatic nitrogens is 1. The summed E-state index contributed by atoms with van der Waals surface area (Å²) in [5.74, 6) is -0.721. The van der Waals surface area contributed by atoms with Crippen LogP contribution >= 0.6 is 11.9 Å². The third kappa shape index (κ3) is 8.80. The molecule has 1 saturated heterocycles. The first-order valence-corrected chi connectivity index (χ1v) is 16.3. The fraction of sp³-hybridized carbons (Fsp3) is 0.667. The average Bonchev–Trinajstić information content (AvgIpc) is 3.30. The van der Waals surface area contributed by atoms with Crippen LogP contribution in [-0.4, -0.2) is 46.5 Å². The highest BCUT2D eigenvalue weighted by Gasteiger charge is 2.42. The van der Waals surface area contributed by atoms with Crippen LogP contribution in [0.25, 0.3) is 11.3 Å². The van der Waals surface area contributed by atoms with E-state index >= 15 is 0 Å². The number of amides is 1. The molecule has 0 radical (unpaired) electrons. The molecule has 3 N–H and O–H groups in total. The van der Waals surface area contributed by atoms with E-state index in [0.29, 0.717) is 37.3 Å². The number of carbonyl (C=O) groups is 1. The lowest BCUT2D eigenvalue weighted by Gasteiger charge is -2.32. The molecule has 0 unspecified atom stereocenters. The Morgan fingerprint density at radius 2 is 1.70 bits per heavy atom. The van der Waals surface area contributed by atoms with Crippen molar-refractivity contribution in [3.05, 3.63) is 41.1 Å². The molecule has 10 heteroatoms. The number of rotatable bonds is 8. The molecule has 4 rings (SSSR count). The fourth-order valence-electron chi connectivity index (χ4n) is 5.93. The molecule has 1 aliphatic heterocycles. The van der Waals surface area contributed by atoms with Gasteiger partial charge in [-0.2, -0.15) is 13.2 Å². The number of nitrogens with zero attached hydrogens (tertiary/aromatic N) is 1. The van der Waals surface area contributed by atoms with Gasteiger partial charge in [0.25, 0.3) is 5.91 Å². The van der Waals surface area contributed by atoms with E-state index in [1.807, 2.05) is 18.2 Å². The van der Waals surface area contributed by atoms with Crippen LogP contribution in [0.5, 0.6) is 0 Å². The van der Waals surface area contributed by atoms with Gasteiger partial charge in [-0.3, -0.25) is 9.52 Å². The first-order valence-electron chi connectivity index (χ1n) is 15.4. The smallest absolute Gasteiger partial charge is 0.388 e. The molecule has 43 heavy (non-hydrogen) atoms. The summed E-state index contributed by atoms with van der Waals surface area (Å²) in [6.07, 6.45) is 0.723.